The molecule has 0 saturated heterocycles. The third-order valence-corrected chi connectivity index (χ3v) is 13.9. The second-order valence-electron chi connectivity index (χ2n) is 22.8. The van der Waals surface area contributed by atoms with Crippen molar-refractivity contribution in [3.8, 4) is 0 Å². The summed E-state index contributed by atoms with van der Waals surface area (Å²) in [5.74, 6) is -1.05. The highest BCUT2D eigenvalue weighted by Gasteiger charge is 2.56. The van der Waals surface area contributed by atoms with E-state index in [2.05, 4.69) is 105 Å². The summed E-state index contributed by atoms with van der Waals surface area (Å²) in [4.78, 5) is 50.5. The standard InChI is InChI=1S/C47H88N4O8/c1-30(2)35(53)57-25-23-49-38(55)51-33(28-42(11,12)44(15,16)32(48)27-40(5,6)7)45(17,18)43(13,14)29-34(52)46(19,20)47(21,22)37(41(8,9)10)59-39(56)50-24-26-58-36(54)31(3)4/h32-34,37,52H,1,3,23-29,48H2,2,4-22H3,(H,50,56)(H2,49,51,55). The van der Waals surface area contributed by atoms with Crippen LogP contribution >= 0.6 is 0 Å². The average Bonchev–Trinajstić information content (AvgIpc) is 3.04. The first-order valence-electron chi connectivity index (χ1n) is 21.3. The predicted octanol–water partition coefficient (Wildman–Crippen LogP) is 9.10. The zero-order chi connectivity index (χ0) is 47.0. The van der Waals surface area contributed by atoms with Gasteiger partial charge in [0.2, 0.25) is 0 Å². The van der Waals surface area contributed by atoms with E-state index in [0.29, 0.717) is 12.8 Å². The molecule has 0 rings (SSSR count). The van der Waals surface area contributed by atoms with Crippen LogP contribution in [0.25, 0.3) is 0 Å². The first kappa shape index (κ1) is 55.9. The number of alkyl carbamates (subject to hydrolysis) is 1. The predicted molar refractivity (Wildman–Crippen MR) is 240 cm³/mol. The molecule has 0 heterocycles. The Bertz CT molecular complexity index is 1460. The molecule has 4 unspecified atom stereocenters. The lowest BCUT2D eigenvalue weighted by Crippen LogP contribution is -2.60. The van der Waals surface area contributed by atoms with E-state index < -0.39 is 63.3 Å². The Morgan fingerprint density at radius 2 is 1.03 bits per heavy atom. The van der Waals surface area contributed by atoms with E-state index in [0.717, 1.165) is 6.42 Å². The van der Waals surface area contributed by atoms with Crippen LogP contribution in [0.1, 0.15) is 158 Å². The number of rotatable bonds is 22. The van der Waals surface area contributed by atoms with Gasteiger partial charge in [-0.1, -0.05) is 138 Å². The average molecular weight is 837 g/mol. The van der Waals surface area contributed by atoms with Gasteiger partial charge in [0.15, 0.2) is 0 Å². The number of amides is 3. The van der Waals surface area contributed by atoms with Crippen LogP contribution in [0.3, 0.4) is 0 Å². The number of ether oxygens (including phenoxy) is 3. The fourth-order valence-electron chi connectivity index (χ4n) is 7.53. The van der Waals surface area contributed by atoms with Crippen molar-refractivity contribution in [1.82, 2.24) is 16.0 Å². The van der Waals surface area contributed by atoms with Gasteiger partial charge < -0.3 is 41.0 Å². The molecule has 0 bridgehead atoms. The largest absolute Gasteiger partial charge is 0.460 e. The Morgan fingerprint density at radius 1 is 0.610 bits per heavy atom. The molecule has 12 nitrogen and oxygen atoms in total. The van der Waals surface area contributed by atoms with Crippen molar-refractivity contribution in [2.75, 3.05) is 26.3 Å². The molecule has 59 heavy (non-hydrogen) atoms. The van der Waals surface area contributed by atoms with Gasteiger partial charge in [-0.15, -0.1) is 0 Å². The SMILES string of the molecule is C=C(C)C(=O)OCCNC(=O)NC(CC(C)(C)C(C)(C)C(N)CC(C)(C)C)C(C)(C)C(C)(C)CC(O)C(C)(C)C(C)(C)C(OC(=O)NCCOC(=O)C(=C)C)C(C)(C)C. The second-order valence-corrected chi connectivity index (χ2v) is 22.8. The Hall–Kier alpha value is -3.12. The topological polar surface area (TPSA) is 178 Å². The normalized spacial score (nSPS) is 15.6. The van der Waals surface area contributed by atoms with Crippen molar-refractivity contribution in [3.05, 3.63) is 24.3 Å². The zero-order valence-corrected chi connectivity index (χ0v) is 41.1. The van der Waals surface area contributed by atoms with Crippen molar-refractivity contribution >= 4 is 24.1 Å². The Kier molecular flexibility index (Phi) is 19.5. The van der Waals surface area contributed by atoms with E-state index in [4.69, 9.17) is 19.9 Å². The molecule has 0 aromatic heterocycles. The van der Waals surface area contributed by atoms with Crippen molar-refractivity contribution < 1.29 is 38.5 Å². The molecule has 6 N–H and O–H groups in total. The van der Waals surface area contributed by atoms with Gasteiger partial charge in [0.05, 0.1) is 19.2 Å². The summed E-state index contributed by atoms with van der Waals surface area (Å²) in [7, 11) is 0. The van der Waals surface area contributed by atoms with Gasteiger partial charge >= 0.3 is 24.1 Å². The molecule has 0 saturated carbocycles. The Morgan fingerprint density at radius 3 is 1.44 bits per heavy atom. The molecule has 0 spiro atoms. The molecule has 0 aromatic carbocycles. The van der Waals surface area contributed by atoms with Gasteiger partial charge in [0.1, 0.15) is 19.3 Å². The summed E-state index contributed by atoms with van der Waals surface area (Å²) in [6.45, 7) is 48.4. The molecular weight excluding hydrogens is 749 g/mol. The molecule has 3 amide bonds. The highest BCUT2D eigenvalue weighted by atomic mass is 16.6. The number of nitrogens with one attached hydrogen (secondary N) is 3. The van der Waals surface area contributed by atoms with E-state index in [9.17, 15) is 24.3 Å². The van der Waals surface area contributed by atoms with E-state index in [1.165, 1.54) is 0 Å². The molecular formula is C47H88N4O8. The van der Waals surface area contributed by atoms with E-state index in [1.807, 2.05) is 48.5 Å². The molecule has 0 fully saturated rings. The lowest BCUT2D eigenvalue weighted by molar-refractivity contribution is -0.149. The molecule has 0 aliphatic heterocycles. The van der Waals surface area contributed by atoms with Crippen LogP contribution < -0.4 is 21.7 Å². The van der Waals surface area contributed by atoms with Crippen LogP contribution in [-0.4, -0.2) is 79.8 Å². The number of hydrogen-bond acceptors (Lipinski definition) is 9. The van der Waals surface area contributed by atoms with Gasteiger partial charge in [-0.05, 0) is 71.0 Å². The van der Waals surface area contributed by atoms with Gasteiger partial charge in [0.25, 0.3) is 0 Å². The number of hydrogen-bond donors (Lipinski definition) is 5. The number of carbonyl (C=O) groups is 4. The lowest BCUT2D eigenvalue weighted by Gasteiger charge is -2.56. The Labute approximate surface area is 359 Å². The number of aliphatic hydroxyl groups excluding tert-OH is 1. The van der Waals surface area contributed by atoms with Gasteiger partial charge in [0, 0.05) is 28.6 Å². The van der Waals surface area contributed by atoms with Crippen LogP contribution in [0.4, 0.5) is 9.59 Å². The minimum atomic E-state index is -0.869. The highest BCUT2D eigenvalue weighted by Crippen LogP contribution is 2.56. The maximum Gasteiger partial charge on any atom is 0.407 e. The van der Waals surface area contributed by atoms with Crippen molar-refractivity contribution in [2.24, 2.45) is 49.1 Å². The molecule has 0 aromatic rings. The first-order valence-corrected chi connectivity index (χ1v) is 21.3. The van der Waals surface area contributed by atoms with E-state index in [-0.39, 0.29) is 65.8 Å². The van der Waals surface area contributed by atoms with E-state index in [1.54, 1.807) is 13.8 Å². The molecule has 0 aliphatic carbocycles. The number of aliphatic hydroxyl groups is 1. The smallest absolute Gasteiger partial charge is 0.407 e. The minimum absolute atomic E-state index is 0.00171. The van der Waals surface area contributed by atoms with Crippen molar-refractivity contribution in [3.63, 3.8) is 0 Å². The summed E-state index contributed by atoms with van der Waals surface area (Å²) in [5.41, 5.74) is 3.63. The number of esters is 2. The summed E-state index contributed by atoms with van der Waals surface area (Å²) in [6.07, 6.45) is -0.391. The fourth-order valence-corrected chi connectivity index (χ4v) is 7.53. The molecule has 12 heteroatoms. The maximum absolute atomic E-state index is 13.6. The van der Waals surface area contributed by atoms with Crippen LogP contribution in [0.5, 0.6) is 0 Å². The second kappa shape index (κ2) is 20.6. The molecule has 344 valence electrons. The number of nitrogens with two attached hydrogens (primary N) is 1. The molecule has 0 radical (unpaired) electrons. The zero-order valence-electron chi connectivity index (χ0n) is 41.1. The van der Waals surface area contributed by atoms with Crippen LogP contribution in [-0.2, 0) is 23.8 Å². The van der Waals surface area contributed by atoms with Crippen LogP contribution in [0, 0.1) is 43.3 Å². The quantitative estimate of drug-likeness (QED) is 0.0308. The van der Waals surface area contributed by atoms with Crippen molar-refractivity contribution in [1.29, 1.82) is 0 Å². The van der Waals surface area contributed by atoms with E-state index >= 15 is 0 Å². The minimum Gasteiger partial charge on any atom is -0.460 e. The number of carbonyl (C=O) groups excluding carboxylic acids is 4. The fraction of sp³-hybridized carbons (Fsp3) is 0.830. The molecule has 0 aliphatic rings. The highest BCUT2D eigenvalue weighted by molar-refractivity contribution is 5.87. The number of urea groups is 1. The molecule has 4 atom stereocenters. The first-order chi connectivity index (χ1) is 26.2. The monoisotopic (exact) mass is 837 g/mol. The van der Waals surface area contributed by atoms with Gasteiger partial charge in [-0.2, -0.15) is 0 Å². The lowest BCUT2D eigenvalue weighted by atomic mass is 9.52. The summed E-state index contributed by atoms with van der Waals surface area (Å²) in [6, 6.07) is -0.897. The van der Waals surface area contributed by atoms with Gasteiger partial charge in [-0.3, -0.25) is 0 Å². The summed E-state index contributed by atoms with van der Waals surface area (Å²) >= 11 is 0. The summed E-state index contributed by atoms with van der Waals surface area (Å²) < 4.78 is 16.4. The summed E-state index contributed by atoms with van der Waals surface area (Å²) in [5, 5.41) is 21.2. The third-order valence-electron chi connectivity index (χ3n) is 13.9. The maximum atomic E-state index is 13.6. The third kappa shape index (κ3) is 15.7. The Balaban J connectivity index is 6.70. The van der Waals surface area contributed by atoms with Gasteiger partial charge in [-0.25, -0.2) is 19.2 Å². The van der Waals surface area contributed by atoms with Crippen molar-refractivity contribution in [2.45, 2.75) is 182 Å². The van der Waals surface area contributed by atoms with Crippen LogP contribution in [0.15, 0.2) is 24.3 Å². The van der Waals surface area contributed by atoms with Crippen LogP contribution in [0.2, 0.25) is 0 Å².